The van der Waals surface area contributed by atoms with Gasteiger partial charge < -0.3 is 10.1 Å². The highest BCUT2D eigenvalue weighted by atomic mass is 16.5. The van der Waals surface area contributed by atoms with E-state index in [1.54, 1.807) is 7.11 Å². The molecule has 0 saturated carbocycles. The van der Waals surface area contributed by atoms with Gasteiger partial charge in [0.2, 0.25) is 0 Å². The van der Waals surface area contributed by atoms with Crippen molar-refractivity contribution in [3.8, 4) is 0 Å². The van der Waals surface area contributed by atoms with Crippen LogP contribution in [0.1, 0.15) is 48.5 Å². The molecular formula is C15H23NO2. The Bertz CT molecular complexity index is 363. The van der Waals surface area contributed by atoms with Gasteiger partial charge in [0.15, 0.2) is 0 Å². The fourth-order valence-corrected chi connectivity index (χ4v) is 1.82. The van der Waals surface area contributed by atoms with Crippen LogP contribution >= 0.6 is 0 Å². The molecule has 0 aliphatic carbocycles. The zero-order chi connectivity index (χ0) is 13.2. The number of amides is 1. The second-order valence-electron chi connectivity index (χ2n) is 4.45. The number of rotatable bonds is 8. The van der Waals surface area contributed by atoms with Gasteiger partial charge in [0.25, 0.3) is 5.91 Å². The minimum absolute atomic E-state index is 0.00412. The monoisotopic (exact) mass is 249 g/mol. The summed E-state index contributed by atoms with van der Waals surface area (Å²) in [6.07, 6.45) is 4.68. The molecule has 0 heterocycles. The number of unbranched alkanes of at least 4 members (excludes halogenated alkanes) is 3. The summed E-state index contributed by atoms with van der Waals surface area (Å²) in [6, 6.07) is 7.56. The van der Waals surface area contributed by atoms with E-state index in [2.05, 4.69) is 12.2 Å². The van der Waals surface area contributed by atoms with Crippen molar-refractivity contribution in [2.45, 2.75) is 39.2 Å². The first-order chi connectivity index (χ1) is 8.77. The van der Waals surface area contributed by atoms with E-state index in [9.17, 15) is 4.79 Å². The molecule has 1 amide bonds. The molecule has 0 aliphatic rings. The Hall–Kier alpha value is -1.35. The molecule has 0 saturated heterocycles. The Labute approximate surface area is 110 Å². The summed E-state index contributed by atoms with van der Waals surface area (Å²) in [5, 5.41) is 2.95. The third-order valence-corrected chi connectivity index (χ3v) is 2.82. The minimum Gasteiger partial charge on any atom is -0.380 e. The van der Waals surface area contributed by atoms with Crippen molar-refractivity contribution < 1.29 is 9.53 Å². The zero-order valence-electron chi connectivity index (χ0n) is 11.4. The summed E-state index contributed by atoms with van der Waals surface area (Å²) < 4.78 is 5.06. The van der Waals surface area contributed by atoms with Gasteiger partial charge in [-0.05, 0) is 24.1 Å². The topological polar surface area (TPSA) is 38.3 Å². The van der Waals surface area contributed by atoms with Crippen molar-refractivity contribution >= 4 is 5.91 Å². The molecule has 0 radical (unpaired) electrons. The van der Waals surface area contributed by atoms with E-state index in [1.165, 1.54) is 19.3 Å². The minimum atomic E-state index is 0.00412. The van der Waals surface area contributed by atoms with Crippen molar-refractivity contribution in [1.29, 1.82) is 0 Å². The third-order valence-electron chi connectivity index (χ3n) is 2.82. The van der Waals surface area contributed by atoms with E-state index in [4.69, 9.17) is 4.74 Å². The smallest absolute Gasteiger partial charge is 0.251 e. The van der Waals surface area contributed by atoms with Gasteiger partial charge in [-0.3, -0.25) is 4.79 Å². The van der Waals surface area contributed by atoms with Crippen LogP contribution < -0.4 is 5.32 Å². The van der Waals surface area contributed by atoms with Gasteiger partial charge >= 0.3 is 0 Å². The van der Waals surface area contributed by atoms with Crippen LogP contribution in [-0.4, -0.2) is 19.6 Å². The summed E-state index contributed by atoms with van der Waals surface area (Å²) >= 11 is 0. The number of nitrogens with one attached hydrogen (secondary N) is 1. The molecule has 3 heteroatoms. The lowest BCUT2D eigenvalue weighted by Gasteiger charge is -2.06. The summed E-state index contributed by atoms with van der Waals surface area (Å²) in [5.74, 6) is 0.00412. The van der Waals surface area contributed by atoms with Crippen LogP contribution in [-0.2, 0) is 11.3 Å². The summed E-state index contributed by atoms with van der Waals surface area (Å²) in [7, 11) is 1.65. The highest BCUT2D eigenvalue weighted by molar-refractivity contribution is 5.94. The molecule has 1 N–H and O–H groups in total. The van der Waals surface area contributed by atoms with E-state index in [0.29, 0.717) is 12.2 Å². The molecule has 0 fully saturated rings. The largest absolute Gasteiger partial charge is 0.380 e. The summed E-state index contributed by atoms with van der Waals surface area (Å²) in [5.41, 5.74) is 1.73. The molecule has 3 nitrogen and oxygen atoms in total. The molecule has 0 aliphatic heterocycles. The lowest BCUT2D eigenvalue weighted by atomic mass is 10.1. The molecule has 0 unspecified atom stereocenters. The first-order valence-electron chi connectivity index (χ1n) is 6.64. The van der Waals surface area contributed by atoms with Crippen LogP contribution in [0.2, 0.25) is 0 Å². The van der Waals surface area contributed by atoms with Crippen molar-refractivity contribution in [2.24, 2.45) is 0 Å². The maximum absolute atomic E-state index is 11.9. The Morgan fingerprint density at radius 3 is 2.83 bits per heavy atom. The Morgan fingerprint density at radius 2 is 2.11 bits per heavy atom. The van der Waals surface area contributed by atoms with E-state index >= 15 is 0 Å². The number of ether oxygens (including phenoxy) is 1. The van der Waals surface area contributed by atoms with Crippen molar-refractivity contribution in [1.82, 2.24) is 5.32 Å². The molecule has 100 valence electrons. The van der Waals surface area contributed by atoms with Gasteiger partial charge in [-0.15, -0.1) is 0 Å². The van der Waals surface area contributed by atoms with Gasteiger partial charge in [0.1, 0.15) is 0 Å². The first-order valence-corrected chi connectivity index (χ1v) is 6.64. The van der Waals surface area contributed by atoms with Crippen molar-refractivity contribution in [2.75, 3.05) is 13.7 Å². The number of hydrogen-bond acceptors (Lipinski definition) is 2. The van der Waals surface area contributed by atoms with Gasteiger partial charge in [0, 0.05) is 19.2 Å². The van der Waals surface area contributed by atoms with Crippen molar-refractivity contribution in [3.63, 3.8) is 0 Å². The highest BCUT2D eigenvalue weighted by Crippen LogP contribution is 2.06. The Balaban J connectivity index is 2.38. The number of hydrogen-bond donors (Lipinski definition) is 1. The molecule has 0 bridgehead atoms. The fraction of sp³-hybridized carbons (Fsp3) is 0.533. The van der Waals surface area contributed by atoms with E-state index < -0.39 is 0 Å². The molecule has 1 aromatic carbocycles. The predicted molar refractivity (Wildman–Crippen MR) is 73.6 cm³/mol. The van der Waals surface area contributed by atoms with E-state index in [0.717, 1.165) is 18.5 Å². The predicted octanol–water partition coefficient (Wildman–Crippen LogP) is 3.14. The average Bonchev–Trinajstić information content (AvgIpc) is 2.39. The number of methoxy groups -OCH3 is 1. The quantitative estimate of drug-likeness (QED) is 0.719. The average molecular weight is 249 g/mol. The third kappa shape index (κ3) is 5.32. The number of benzene rings is 1. The molecular weight excluding hydrogens is 226 g/mol. The molecule has 18 heavy (non-hydrogen) atoms. The zero-order valence-corrected chi connectivity index (χ0v) is 11.4. The molecule has 1 rings (SSSR count). The van der Waals surface area contributed by atoms with E-state index in [1.807, 2.05) is 24.3 Å². The highest BCUT2D eigenvalue weighted by Gasteiger charge is 2.05. The van der Waals surface area contributed by atoms with Crippen LogP contribution in [0.5, 0.6) is 0 Å². The van der Waals surface area contributed by atoms with Crippen molar-refractivity contribution in [3.05, 3.63) is 35.4 Å². The second kappa shape index (κ2) is 8.70. The fourth-order valence-electron chi connectivity index (χ4n) is 1.82. The maximum atomic E-state index is 11.9. The maximum Gasteiger partial charge on any atom is 0.251 e. The van der Waals surface area contributed by atoms with Gasteiger partial charge in [-0.1, -0.05) is 38.3 Å². The molecule has 0 atom stereocenters. The standard InChI is InChI=1S/C15H23NO2/c1-3-4-5-6-10-16-15(17)14-9-7-8-13(11-14)12-18-2/h7-9,11H,3-6,10,12H2,1-2H3,(H,16,17). The van der Waals surface area contributed by atoms with Crippen LogP contribution in [0.15, 0.2) is 24.3 Å². The molecule has 0 spiro atoms. The Morgan fingerprint density at radius 1 is 1.28 bits per heavy atom. The summed E-state index contributed by atoms with van der Waals surface area (Å²) in [4.78, 5) is 11.9. The SMILES string of the molecule is CCCCCCNC(=O)c1cccc(COC)c1. The molecule has 1 aromatic rings. The van der Waals surface area contributed by atoms with Crippen LogP contribution in [0.3, 0.4) is 0 Å². The van der Waals surface area contributed by atoms with Gasteiger partial charge in [-0.2, -0.15) is 0 Å². The van der Waals surface area contributed by atoms with Crippen LogP contribution in [0.25, 0.3) is 0 Å². The molecule has 0 aromatic heterocycles. The lowest BCUT2D eigenvalue weighted by Crippen LogP contribution is -2.24. The summed E-state index contributed by atoms with van der Waals surface area (Å²) in [6.45, 7) is 3.48. The van der Waals surface area contributed by atoms with Crippen LogP contribution in [0, 0.1) is 0 Å². The van der Waals surface area contributed by atoms with E-state index in [-0.39, 0.29) is 5.91 Å². The lowest BCUT2D eigenvalue weighted by molar-refractivity contribution is 0.0952. The second-order valence-corrected chi connectivity index (χ2v) is 4.45. The van der Waals surface area contributed by atoms with Crippen LogP contribution in [0.4, 0.5) is 0 Å². The first kappa shape index (κ1) is 14.7. The normalized spacial score (nSPS) is 10.3. The van der Waals surface area contributed by atoms with Gasteiger partial charge in [-0.25, -0.2) is 0 Å². The number of carbonyl (C=O) groups is 1. The number of carbonyl (C=O) groups excluding carboxylic acids is 1. The van der Waals surface area contributed by atoms with Gasteiger partial charge in [0.05, 0.1) is 6.61 Å². The Kier molecular flexibility index (Phi) is 7.11.